The van der Waals surface area contributed by atoms with Crippen LogP contribution >= 0.6 is 11.8 Å². The first kappa shape index (κ1) is 13.2. The van der Waals surface area contributed by atoms with Gasteiger partial charge in [0.25, 0.3) is 0 Å². The fraction of sp³-hybridized carbons (Fsp3) is 0.250. The van der Waals surface area contributed by atoms with Gasteiger partial charge in [-0.2, -0.15) is 0 Å². The van der Waals surface area contributed by atoms with Gasteiger partial charge in [0.05, 0.1) is 4.90 Å². The van der Waals surface area contributed by atoms with Crippen LogP contribution in [0.2, 0.25) is 0 Å². The quantitative estimate of drug-likeness (QED) is 0.794. The summed E-state index contributed by atoms with van der Waals surface area (Å²) >= 11 is 1.61. The summed E-state index contributed by atoms with van der Waals surface area (Å²) in [4.78, 5) is 0.994. The highest BCUT2D eigenvalue weighted by Gasteiger charge is 2.21. The number of rotatable bonds is 4. The fourth-order valence-corrected chi connectivity index (χ4v) is 2.84. The topological polar surface area (TPSA) is 27.7 Å². The Kier molecular flexibility index (Phi) is 3.74. The molecule has 0 spiro atoms. The summed E-state index contributed by atoms with van der Waals surface area (Å²) in [6, 6.07) is 12.1. The van der Waals surface area contributed by atoms with Crippen molar-refractivity contribution in [1.82, 2.24) is 0 Å². The van der Waals surface area contributed by atoms with Gasteiger partial charge in [0, 0.05) is 0 Å². The number of thioether (sulfide) groups is 1. The van der Waals surface area contributed by atoms with Gasteiger partial charge in [-0.25, -0.2) is 0 Å². The van der Waals surface area contributed by atoms with Crippen LogP contribution in [0.1, 0.15) is 11.1 Å². The van der Waals surface area contributed by atoms with E-state index in [-0.39, 0.29) is 6.79 Å². The van der Waals surface area contributed by atoms with Gasteiger partial charge in [-0.1, -0.05) is 24.3 Å². The number of hydrogen-bond acceptors (Lipinski definition) is 4. The maximum absolute atomic E-state index is 5.96. The van der Waals surface area contributed by atoms with Crippen molar-refractivity contribution in [2.75, 3.05) is 13.0 Å². The van der Waals surface area contributed by atoms with Crippen molar-refractivity contribution in [2.45, 2.75) is 18.4 Å². The average molecular weight is 288 g/mol. The molecule has 2 aromatic rings. The van der Waals surface area contributed by atoms with Crippen molar-refractivity contribution >= 4 is 11.8 Å². The van der Waals surface area contributed by atoms with Crippen LogP contribution in [0.3, 0.4) is 0 Å². The molecule has 104 valence electrons. The molecule has 0 bridgehead atoms. The molecule has 0 atom stereocenters. The lowest BCUT2D eigenvalue weighted by Gasteiger charge is -2.13. The van der Waals surface area contributed by atoms with E-state index < -0.39 is 0 Å². The molecular formula is C16H16O3S. The lowest BCUT2D eigenvalue weighted by Crippen LogP contribution is -1.99. The molecule has 3 nitrogen and oxygen atoms in total. The van der Waals surface area contributed by atoms with Crippen LogP contribution < -0.4 is 14.2 Å². The summed E-state index contributed by atoms with van der Waals surface area (Å²) in [6.07, 6.45) is 2.01. The zero-order valence-corrected chi connectivity index (χ0v) is 12.3. The Morgan fingerprint density at radius 1 is 1.15 bits per heavy atom. The Bertz CT molecular complexity index is 625. The van der Waals surface area contributed by atoms with Crippen molar-refractivity contribution in [3.8, 4) is 17.2 Å². The monoisotopic (exact) mass is 288 g/mol. The third-order valence-corrected chi connectivity index (χ3v) is 4.10. The SMILES string of the molecule is CSc1c(OCc2ccccc2C)ccc2c1OCO2. The summed E-state index contributed by atoms with van der Waals surface area (Å²) < 4.78 is 16.9. The molecule has 20 heavy (non-hydrogen) atoms. The minimum Gasteiger partial charge on any atom is -0.488 e. The average Bonchev–Trinajstić information content (AvgIpc) is 2.94. The number of benzene rings is 2. The highest BCUT2D eigenvalue weighted by molar-refractivity contribution is 7.98. The molecule has 0 saturated carbocycles. The maximum atomic E-state index is 5.96. The van der Waals surface area contributed by atoms with Crippen LogP contribution in [0, 0.1) is 6.92 Å². The van der Waals surface area contributed by atoms with Gasteiger partial charge in [0.2, 0.25) is 6.79 Å². The molecule has 1 aliphatic rings. The van der Waals surface area contributed by atoms with Crippen LogP contribution in [-0.4, -0.2) is 13.0 Å². The van der Waals surface area contributed by atoms with Gasteiger partial charge in [0.15, 0.2) is 11.5 Å². The Hall–Kier alpha value is -1.81. The zero-order valence-electron chi connectivity index (χ0n) is 11.5. The van der Waals surface area contributed by atoms with Crippen molar-refractivity contribution in [3.63, 3.8) is 0 Å². The van der Waals surface area contributed by atoms with Gasteiger partial charge in [-0.3, -0.25) is 0 Å². The second-order valence-corrected chi connectivity index (χ2v) is 5.36. The van der Waals surface area contributed by atoms with E-state index in [1.165, 1.54) is 11.1 Å². The second-order valence-electron chi connectivity index (χ2n) is 4.55. The molecular weight excluding hydrogens is 272 g/mol. The smallest absolute Gasteiger partial charge is 0.231 e. The van der Waals surface area contributed by atoms with Crippen molar-refractivity contribution < 1.29 is 14.2 Å². The molecule has 0 fully saturated rings. The van der Waals surface area contributed by atoms with E-state index in [2.05, 4.69) is 19.1 Å². The van der Waals surface area contributed by atoms with E-state index in [9.17, 15) is 0 Å². The Morgan fingerprint density at radius 3 is 2.80 bits per heavy atom. The van der Waals surface area contributed by atoms with E-state index >= 15 is 0 Å². The first-order valence-electron chi connectivity index (χ1n) is 6.43. The van der Waals surface area contributed by atoms with Crippen LogP contribution in [-0.2, 0) is 6.61 Å². The second kappa shape index (κ2) is 5.67. The zero-order chi connectivity index (χ0) is 13.9. The Labute approximate surface area is 122 Å². The summed E-state index contributed by atoms with van der Waals surface area (Å²) in [5.41, 5.74) is 2.43. The van der Waals surface area contributed by atoms with Crippen LogP contribution in [0.5, 0.6) is 17.2 Å². The fourth-order valence-electron chi connectivity index (χ4n) is 2.16. The van der Waals surface area contributed by atoms with Crippen molar-refractivity contribution in [3.05, 3.63) is 47.5 Å². The molecule has 0 aliphatic carbocycles. The van der Waals surface area contributed by atoms with Crippen molar-refractivity contribution in [1.29, 1.82) is 0 Å². The summed E-state index contributed by atoms with van der Waals surface area (Å²) in [6.45, 7) is 2.93. The molecule has 2 aromatic carbocycles. The Balaban J connectivity index is 1.83. The van der Waals surface area contributed by atoms with E-state index in [1.54, 1.807) is 11.8 Å². The number of hydrogen-bond donors (Lipinski definition) is 0. The van der Waals surface area contributed by atoms with E-state index in [4.69, 9.17) is 14.2 Å². The lowest BCUT2D eigenvalue weighted by atomic mass is 10.1. The Morgan fingerprint density at radius 2 is 2.00 bits per heavy atom. The first-order valence-corrected chi connectivity index (χ1v) is 7.66. The summed E-state index contributed by atoms with van der Waals surface area (Å²) in [5, 5.41) is 0. The third-order valence-electron chi connectivity index (χ3n) is 3.31. The molecule has 3 rings (SSSR count). The maximum Gasteiger partial charge on any atom is 0.231 e. The van der Waals surface area contributed by atoms with E-state index in [0.29, 0.717) is 6.61 Å². The van der Waals surface area contributed by atoms with Gasteiger partial charge < -0.3 is 14.2 Å². The minimum absolute atomic E-state index is 0.282. The lowest BCUT2D eigenvalue weighted by molar-refractivity contribution is 0.171. The summed E-state index contributed by atoms with van der Waals surface area (Å²) in [7, 11) is 0. The first-order chi connectivity index (χ1) is 9.79. The molecule has 0 saturated heterocycles. The minimum atomic E-state index is 0.282. The molecule has 4 heteroatoms. The van der Waals surface area contributed by atoms with Gasteiger partial charge >= 0.3 is 0 Å². The molecule has 1 heterocycles. The number of ether oxygens (including phenoxy) is 3. The van der Waals surface area contributed by atoms with Crippen LogP contribution in [0.15, 0.2) is 41.3 Å². The van der Waals surface area contributed by atoms with Gasteiger partial charge in [-0.05, 0) is 36.4 Å². The molecule has 0 N–H and O–H groups in total. The normalized spacial score (nSPS) is 12.5. The van der Waals surface area contributed by atoms with Crippen LogP contribution in [0.4, 0.5) is 0 Å². The predicted molar refractivity (Wildman–Crippen MR) is 79.9 cm³/mol. The third kappa shape index (κ3) is 2.43. The predicted octanol–water partition coefficient (Wildman–Crippen LogP) is 4.02. The van der Waals surface area contributed by atoms with E-state index in [0.717, 1.165) is 22.1 Å². The van der Waals surface area contributed by atoms with E-state index in [1.807, 2.05) is 30.5 Å². The largest absolute Gasteiger partial charge is 0.488 e. The standard InChI is InChI=1S/C16H16O3S/c1-11-5-3-4-6-12(11)9-17-14-8-7-13-15(16(14)20-2)19-10-18-13/h3-8H,9-10H2,1-2H3. The number of fused-ring (bicyclic) bond motifs is 1. The molecule has 0 amide bonds. The number of aryl methyl sites for hydroxylation is 1. The van der Waals surface area contributed by atoms with Gasteiger partial charge in [-0.15, -0.1) is 11.8 Å². The molecule has 0 unspecified atom stereocenters. The molecule has 1 aliphatic heterocycles. The molecule has 0 aromatic heterocycles. The van der Waals surface area contributed by atoms with Crippen molar-refractivity contribution in [2.24, 2.45) is 0 Å². The summed E-state index contributed by atoms with van der Waals surface area (Å²) in [5.74, 6) is 2.42. The van der Waals surface area contributed by atoms with Crippen LogP contribution in [0.25, 0.3) is 0 Å². The highest BCUT2D eigenvalue weighted by Crippen LogP contribution is 2.45. The highest BCUT2D eigenvalue weighted by atomic mass is 32.2. The van der Waals surface area contributed by atoms with Gasteiger partial charge in [0.1, 0.15) is 12.4 Å². The molecule has 0 radical (unpaired) electrons.